The van der Waals surface area contributed by atoms with E-state index in [4.69, 9.17) is 0 Å². The van der Waals surface area contributed by atoms with Crippen LogP contribution in [0.25, 0.3) is 0 Å². The smallest absolute Gasteiger partial charge is 0.237 e. The molecule has 1 unspecified atom stereocenters. The largest absolute Gasteiger partial charge is 0.311 e. The molecule has 0 spiro atoms. The third-order valence-corrected chi connectivity index (χ3v) is 4.55. The van der Waals surface area contributed by atoms with Gasteiger partial charge in [0.05, 0.1) is 5.41 Å². The fraction of sp³-hybridized carbons (Fsp3) is 0.562. The second-order valence-corrected chi connectivity index (χ2v) is 6.76. The number of nitrogens with zero attached hydrogens (tertiary/aromatic N) is 1. The minimum Gasteiger partial charge on any atom is -0.311 e. The molecule has 0 aromatic heterocycles. The number of anilines is 1. The minimum absolute atomic E-state index is 0.236. The van der Waals surface area contributed by atoms with Gasteiger partial charge in [-0.3, -0.25) is 4.79 Å². The summed E-state index contributed by atoms with van der Waals surface area (Å²) in [7, 11) is 0. The van der Waals surface area contributed by atoms with E-state index in [0.717, 1.165) is 36.0 Å². The summed E-state index contributed by atoms with van der Waals surface area (Å²) in [5.41, 5.74) is 1.88. The quantitative estimate of drug-likeness (QED) is 0.746. The van der Waals surface area contributed by atoms with E-state index in [-0.39, 0.29) is 11.3 Å². The lowest BCUT2D eigenvalue weighted by atomic mass is 9.86. The van der Waals surface area contributed by atoms with Crippen LogP contribution in [0.5, 0.6) is 0 Å². The average Bonchev–Trinajstić information content (AvgIpc) is 2.57. The van der Waals surface area contributed by atoms with E-state index in [1.54, 1.807) is 0 Å². The summed E-state index contributed by atoms with van der Waals surface area (Å²) in [4.78, 5) is 14.5. The number of carbonyl (C=O) groups is 1. The van der Waals surface area contributed by atoms with Gasteiger partial charge in [0, 0.05) is 17.6 Å². The highest BCUT2D eigenvalue weighted by Gasteiger charge is 2.43. The fourth-order valence-electron chi connectivity index (χ4n) is 2.70. The first-order chi connectivity index (χ1) is 8.98. The molecule has 1 aromatic rings. The van der Waals surface area contributed by atoms with Gasteiger partial charge in [0.15, 0.2) is 0 Å². The lowest BCUT2D eigenvalue weighted by Crippen LogP contribution is -2.37. The molecule has 19 heavy (non-hydrogen) atoms. The average molecular weight is 324 g/mol. The highest BCUT2D eigenvalue weighted by atomic mass is 79.9. The molecule has 1 atom stereocenters. The Kier molecular flexibility index (Phi) is 4.34. The summed E-state index contributed by atoms with van der Waals surface area (Å²) in [6.45, 7) is 7.12. The van der Waals surface area contributed by atoms with Gasteiger partial charge < -0.3 is 4.90 Å². The van der Waals surface area contributed by atoms with Crippen LogP contribution in [0.2, 0.25) is 0 Å². The number of hydrogen-bond acceptors (Lipinski definition) is 1. The molecule has 3 heteroatoms. The van der Waals surface area contributed by atoms with Gasteiger partial charge in [0.1, 0.15) is 0 Å². The summed E-state index contributed by atoms with van der Waals surface area (Å²) in [6.07, 6.45) is 2.22. The maximum atomic E-state index is 12.6. The molecule has 1 amide bonds. The Labute approximate surface area is 124 Å². The third kappa shape index (κ3) is 2.71. The van der Waals surface area contributed by atoms with Gasteiger partial charge in [-0.2, -0.15) is 0 Å². The van der Waals surface area contributed by atoms with E-state index in [9.17, 15) is 4.79 Å². The van der Waals surface area contributed by atoms with Crippen LogP contribution in [0.15, 0.2) is 24.3 Å². The van der Waals surface area contributed by atoms with Crippen molar-refractivity contribution in [2.75, 3.05) is 16.8 Å². The molecule has 1 heterocycles. The van der Waals surface area contributed by atoms with Gasteiger partial charge >= 0.3 is 0 Å². The van der Waals surface area contributed by atoms with Gasteiger partial charge in [-0.05, 0) is 44.2 Å². The van der Waals surface area contributed by atoms with E-state index in [1.165, 1.54) is 0 Å². The molecule has 0 fully saturated rings. The van der Waals surface area contributed by atoms with Crippen molar-refractivity contribution in [2.24, 2.45) is 5.92 Å². The van der Waals surface area contributed by atoms with Crippen molar-refractivity contribution in [3.8, 4) is 0 Å². The predicted molar refractivity (Wildman–Crippen MR) is 84.0 cm³/mol. The molecule has 0 bridgehead atoms. The number of fused-ring (bicyclic) bond motifs is 1. The molecule has 1 aromatic carbocycles. The standard InChI is InChI=1S/C16H22BrNO/c1-12(8-10-17)9-11-18-14-7-5-4-6-13(14)16(2,3)15(18)19/h4-7,12H,8-11H2,1-3H3. The van der Waals surface area contributed by atoms with Crippen molar-refractivity contribution >= 4 is 27.5 Å². The number of benzene rings is 1. The molecule has 0 saturated heterocycles. The number of rotatable bonds is 5. The Morgan fingerprint density at radius 2 is 1.95 bits per heavy atom. The molecule has 0 saturated carbocycles. The van der Waals surface area contributed by atoms with Crippen LogP contribution < -0.4 is 4.90 Å². The van der Waals surface area contributed by atoms with E-state index < -0.39 is 0 Å². The first-order valence-electron chi connectivity index (χ1n) is 6.96. The maximum Gasteiger partial charge on any atom is 0.237 e. The van der Waals surface area contributed by atoms with Crippen LogP contribution in [0.1, 0.15) is 39.2 Å². The lowest BCUT2D eigenvalue weighted by Gasteiger charge is -2.22. The van der Waals surface area contributed by atoms with Crippen molar-refractivity contribution in [2.45, 2.75) is 39.0 Å². The minimum atomic E-state index is -0.380. The molecular formula is C16H22BrNO. The molecule has 2 nitrogen and oxygen atoms in total. The number of carbonyl (C=O) groups excluding carboxylic acids is 1. The highest BCUT2D eigenvalue weighted by Crippen LogP contribution is 2.41. The molecule has 0 N–H and O–H groups in total. The Bertz CT molecular complexity index is 470. The zero-order valence-electron chi connectivity index (χ0n) is 11.9. The summed E-state index contributed by atoms with van der Waals surface area (Å²) >= 11 is 3.48. The van der Waals surface area contributed by atoms with Gasteiger partial charge in [0.25, 0.3) is 0 Å². The predicted octanol–water partition coefficient (Wildman–Crippen LogP) is 4.12. The normalized spacial score (nSPS) is 18.5. The van der Waals surface area contributed by atoms with Crippen LogP contribution in [-0.2, 0) is 10.2 Å². The van der Waals surface area contributed by atoms with Crippen molar-refractivity contribution in [1.82, 2.24) is 0 Å². The third-order valence-electron chi connectivity index (χ3n) is 4.10. The summed E-state index contributed by atoms with van der Waals surface area (Å²) in [6, 6.07) is 8.18. The first-order valence-corrected chi connectivity index (χ1v) is 8.08. The molecule has 104 valence electrons. The Hall–Kier alpha value is -0.830. The monoisotopic (exact) mass is 323 g/mol. The molecule has 1 aliphatic heterocycles. The van der Waals surface area contributed by atoms with Crippen LogP contribution in [0.4, 0.5) is 5.69 Å². The maximum absolute atomic E-state index is 12.6. The van der Waals surface area contributed by atoms with E-state index in [0.29, 0.717) is 5.92 Å². The fourth-order valence-corrected chi connectivity index (χ4v) is 3.48. The molecular weight excluding hydrogens is 302 g/mol. The van der Waals surface area contributed by atoms with Crippen LogP contribution in [0.3, 0.4) is 0 Å². The summed E-state index contributed by atoms with van der Waals surface area (Å²) in [5.74, 6) is 0.878. The van der Waals surface area contributed by atoms with Gasteiger partial charge in [-0.15, -0.1) is 0 Å². The van der Waals surface area contributed by atoms with Crippen molar-refractivity contribution < 1.29 is 4.79 Å². The number of amides is 1. The molecule has 1 aliphatic rings. The Morgan fingerprint density at radius 3 is 2.63 bits per heavy atom. The number of hydrogen-bond donors (Lipinski definition) is 0. The topological polar surface area (TPSA) is 20.3 Å². The van der Waals surface area contributed by atoms with Gasteiger partial charge in [-0.1, -0.05) is 41.1 Å². The second kappa shape index (κ2) is 5.66. The van der Waals surface area contributed by atoms with Gasteiger partial charge in [0.2, 0.25) is 5.91 Å². The van der Waals surface area contributed by atoms with Crippen LogP contribution >= 0.6 is 15.9 Å². The number of alkyl halides is 1. The first kappa shape index (κ1) is 14.6. The second-order valence-electron chi connectivity index (χ2n) is 5.97. The molecule has 0 radical (unpaired) electrons. The van der Waals surface area contributed by atoms with Gasteiger partial charge in [-0.25, -0.2) is 0 Å². The molecule has 0 aliphatic carbocycles. The lowest BCUT2D eigenvalue weighted by molar-refractivity contribution is -0.122. The summed E-state index contributed by atoms with van der Waals surface area (Å²) in [5, 5.41) is 1.03. The zero-order valence-corrected chi connectivity index (χ0v) is 13.5. The van der Waals surface area contributed by atoms with E-state index in [2.05, 4.69) is 35.0 Å². The Balaban J connectivity index is 2.16. The van der Waals surface area contributed by atoms with Crippen molar-refractivity contribution in [3.05, 3.63) is 29.8 Å². The molecule has 2 rings (SSSR count). The summed E-state index contributed by atoms with van der Waals surface area (Å²) < 4.78 is 0. The SMILES string of the molecule is CC(CCBr)CCN1C(=O)C(C)(C)c2ccccc21. The van der Waals surface area contributed by atoms with Crippen molar-refractivity contribution in [3.63, 3.8) is 0 Å². The number of halogens is 1. The van der Waals surface area contributed by atoms with Crippen LogP contribution in [-0.4, -0.2) is 17.8 Å². The highest BCUT2D eigenvalue weighted by molar-refractivity contribution is 9.09. The zero-order chi connectivity index (χ0) is 14.0. The van der Waals surface area contributed by atoms with Crippen molar-refractivity contribution in [1.29, 1.82) is 0 Å². The van der Waals surface area contributed by atoms with Crippen LogP contribution in [0, 0.1) is 5.92 Å². The van der Waals surface area contributed by atoms with E-state index >= 15 is 0 Å². The van der Waals surface area contributed by atoms with E-state index in [1.807, 2.05) is 30.9 Å². The number of para-hydroxylation sites is 1. The Morgan fingerprint density at radius 1 is 1.26 bits per heavy atom.